The summed E-state index contributed by atoms with van der Waals surface area (Å²) in [5, 5.41) is 8.05. The molecule has 0 fully saturated rings. The predicted molar refractivity (Wildman–Crippen MR) is 78.7 cm³/mol. The average Bonchev–Trinajstić information content (AvgIpc) is 3.14. The maximum absolute atomic E-state index is 4.48. The third kappa shape index (κ3) is 1.75. The Hall–Kier alpha value is -2.39. The molecule has 0 saturated carbocycles. The maximum atomic E-state index is 4.48. The van der Waals surface area contributed by atoms with E-state index in [2.05, 4.69) is 52.9 Å². The molecule has 0 bridgehead atoms. The molecule has 0 aliphatic carbocycles. The van der Waals surface area contributed by atoms with Crippen molar-refractivity contribution in [2.45, 2.75) is 12.6 Å². The van der Waals surface area contributed by atoms with Crippen LogP contribution in [0.1, 0.15) is 22.9 Å². The lowest BCUT2D eigenvalue weighted by Gasteiger charge is -2.15. The Balaban J connectivity index is 1.81. The molecule has 1 aliphatic rings. The largest absolute Gasteiger partial charge is 0.301 e. The molecular formula is C17H15N3. The highest BCUT2D eigenvalue weighted by molar-refractivity contribution is 5.41. The molecule has 1 aromatic heterocycles. The predicted octanol–water partition coefficient (Wildman–Crippen LogP) is 3.06. The monoisotopic (exact) mass is 261 g/mol. The highest BCUT2D eigenvalue weighted by Gasteiger charge is 2.25. The maximum Gasteiger partial charge on any atom is 0.0758 e. The van der Waals surface area contributed by atoms with Gasteiger partial charge in [-0.3, -0.25) is 0 Å². The van der Waals surface area contributed by atoms with Crippen LogP contribution < -0.4 is 5.32 Å². The van der Waals surface area contributed by atoms with Crippen LogP contribution in [0.25, 0.3) is 5.69 Å². The Morgan fingerprint density at radius 2 is 1.75 bits per heavy atom. The zero-order chi connectivity index (χ0) is 13.4. The topological polar surface area (TPSA) is 29.9 Å². The lowest BCUT2D eigenvalue weighted by molar-refractivity contribution is 0.623. The Kier molecular flexibility index (Phi) is 2.64. The van der Waals surface area contributed by atoms with Crippen molar-refractivity contribution in [2.24, 2.45) is 0 Å². The number of hydrogen-bond donors (Lipinski definition) is 1. The van der Waals surface area contributed by atoms with E-state index in [0.717, 1.165) is 12.2 Å². The minimum absolute atomic E-state index is 0.217. The number of nitrogens with one attached hydrogen (secondary N) is 1. The lowest BCUT2D eigenvalue weighted by atomic mass is 10.0. The summed E-state index contributed by atoms with van der Waals surface area (Å²) >= 11 is 0. The number of rotatable bonds is 2. The Morgan fingerprint density at radius 1 is 0.950 bits per heavy atom. The fourth-order valence-electron chi connectivity index (χ4n) is 2.88. The van der Waals surface area contributed by atoms with Crippen molar-refractivity contribution in [2.75, 3.05) is 0 Å². The molecule has 1 aliphatic heterocycles. The number of hydrogen-bond acceptors (Lipinski definition) is 2. The average molecular weight is 261 g/mol. The van der Waals surface area contributed by atoms with E-state index >= 15 is 0 Å². The van der Waals surface area contributed by atoms with E-state index in [1.165, 1.54) is 16.8 Å². The minimum atomic E-state index is 0.217. The molecular weight excluding hydrogens is 246 g/mol. The van der Waals surface area contributed by atoms with Gasteiger partial charge in [0.15, 0.2) is 0 Å². The minimum Gasteiger partial charge on any atom is -0.301 e. The quantitative estimate of drug-likeness (QED) is 0.768. The van der Waals surface area contributed by atoms with Gasteiger partial charge in [0.05, 0.1) is 17.4 Å². The second-order valence-electron chi connectivity index (χ2n) is 5.02. The first kappa shape index (κ1) is 11.4. The molecule has 3 aromatic rings. The summed E-state index contributed by atoms with van der Waals surface area (Å²) in [6.07, 6.45) is 1.87. The fourth-order valence-corrected chi connectivity index (χ4v) is 2.88. The molecule has 0 amide bonds. The van der Waals surface area contributed by atoms with Gasteiger partial charge < -0.3 is 5.32 Å². The normalized spacial score (nSPS) is 17.1. The second kappa shape index (κ2) is 4.62. The summed E-state index contributed by atoms with van der Waals surface area (Å²) in [5.41, 5.74) is 5.00. The van der Waals surface area contributed by atoms with Crippen LogP contribution in [0.5, 0.6) is 0 Å². The van der Waals surface area contributed by atoms with E-state index in [1.54, 1.807) is 0 Å². The summed E-state index contributed by atoms with van der Waals surface area (Å²) in [6.45, 7) is 0.917. The summed E-state index contributed by atoms with van der Waals surface area (Å²) in [4.78, 5) is 0. The van der Waals surface area contributed by atoms with E-state index in [0.29, 0.717) is 0 Å². The van der Waals surface area contributed by atoms with Gasteiger partial charge in [0.25, 0.3) is 0 Å². The van der Waals surface area contributed by atoms with Gasteiger partial charge in [-0.05, 0) is 29.3 Å². The van der Waals surface area contributed by atoms with Crippen molar-refractivity contribution in [1.82, 2.24) is 15.1 Å². The molecule has 20 heavy (non-hydrogen) atoms. The molecule has 2 heterocycles. The van der Waals surface area contributed by atoms with Gasteiger partial charge in [-0.25, -0.2) is 4.68 Å². The van der Waals surface area contributed by atoms with Crippen molar-refractivity contribution in [3.8, 4) is 5.69 Å². The van der Waals surface area contributed by atoms with Crippen LogP contribution in [-0.4, -0.2) is 9.78 Å². The number of para-hydroxylation sites is 1. The van der Waals surface area contributed by atoms with Gasteiger partial charge in [-0.2, -0.15) is 5.10 Å². The summed E-state index contributed by atoms with van der Waals surface area (Å²) < 4.78 is 2.01. The van der Waals surface area contributed by atoms with E-state index in [-0.39, 0.29) is 6.04 Å². The molecule has 1 unspecified atom stereocenters. The smallest absolute Gasteiger partial charge is 0.0758 e. The third-order valence-corrected chi connectivity index (χ3v) is 3.83. The Labute approximate surface area is 117 Å². The highest BCUT2D eigenvalue weighted by atomic mass is 15.3. The van der Waals surface area contributed by atoms with Crippen LogP contribution in [0, 0.1) is 0 Å². The van der Waals surface area contributed by atoms with E-state index in [4.69, 9.17) is 0 Å². The first-order valence-corrected chi connectivity index (χ1v) is 6.84. The van der Waals surface area contributed by atoms with Gasteiger partial charge in [0, 0.05) is 12.7 Å². The zero-order valence-electron chi connectivity index (χ0n) is 11.0. The molecule has 3 nitrogen and oxygen atoms in total. The summed E-state index contributed by atoms with van der Waals surface area (Å²) in [7, 11) is 0. The fraction of sp³-hybridized carbons (Fsp3) is 0.118. The van der Waals surface area contributed by atoms with Gasteiger partial charge in [-0.15, -0.1) is 0 Å². The van der Waals surface area contributed by atoms with Gasteiger partial charge in [-0.1, -0.05) is 42.5 Å². The standard InChI is InChI=1S/C17H15N3/c1-2-7-14(8-3-1)20-16(10-11-19-20)17-15-9-5-4-6-13(15)12-18-17/h1-11,17-18H,12H2. The van der Waals surface area contributed by atoms with Gasteiger partial charge in [0.1, 0.15) is 0 Å². The molecule has 4 rings (SSSR count). The first-order chi connectivity index (χ1) is 9.93. The number of nitrogens with zero attached hydrogens (tertiary/aromatic N) is 2. The van der Waals surface area contributed by atoms with Crippen molar-refractivity contribution in [1.29, 1.82) is 0 Å². The van der Waals surface area contributed by atoms with Crippen molar-refractivity contribution < 1.29 is 0 Å². The van der Waals surface area contributed by atoms with Crippen LogP contribution >= 0.6 is 0 Å². The molecule has 0 spiro atoms. The van der Waals surface area contributed by atoms with Gasteiger partial charge in [0.2, 0.25) is 0 Å². The molecule has 3 heteroatoms. The van der Waals surface area contributed by atoms with Crippen molar-refractivity contribution in [3.63, 3.8) is 0 Å². The second-order valence-corrected chi connectivity index (χ2v) is 5.02. The number of aromatic nitrogens is 2. The van der Waals surface area contributed by atoms with Crippen LogP contribution in [0.15, 0.2) is 66.9 Å². The van der Waals surface area contributed by atoms with Gasteiger partial charge >= 0.3 is 0 Å². The summed E-state index contributed by atoms with van der Waals surface area (Å²) in [5.74, 6) is 0. The van der Waals surface area contributed by atoms with E-state index < -0.39 is 0 Å². The highest BCUT2D eigenvalue weighted by Crippen LogP contribution is 2.31. The van der Waals surface area contributed by atoms with Crippen LogP contribution in [0.4, 0.5) is 0 Å². The lowest BCUT2D eigenvalue weighted by Crippen LogP contribution is -2.17. The molecule has 1 N–H and O–H groups in total. The summed E-state index contributed by atoms with van der Waals surface area (Å²) in [6, 6.07) is 21.1. The molecule has 1 atom stereocenters. The molecule has 2 aromatic carbocycles. The van der Waals surface area contributed by atoms with Crippen LogP contribution in [-0.2, 0) is 6.54 Å². The van der Waals surface area contributed by atoms with E-state index in [9.17, 15) is 0 Å². The van der Waals surface area contributed by atoms with Crippen LogP contribution in [0.3, 0.4) is 0 Å². The third-order valence-electron chi connectivity index (χ3n) is 3.83. The zero-order valence-corrected chi connectivity index (χ0v) is 11.0. The Bertz CT molecular complexity index is 731. The number of fused-ring (bicyclic) bond motifs is 1. The molecule has 0 radical (unpaired) electrons. The Morgan fingerprint density at radius 3 is 2.65 bits per heavy atom. The van der Waals surface area contributed by atoms with Crippen molar-refractivity contribution >= 4 is 0 Å². The van der Waals surface area contributed by atoms with Crippen LogP contribution in [0.2, 0.25) is 0 Å². The van der Waals surface area contributed by atoms with Crippen molar-refractivity contribution in [3.05, 3.63) is 83.7 Å². The molecule has 0 saturated heterocycles. The first-order valence-electron chi connectivity index (χ1n) is 6.84. The SMILES string of the molecule is c1ccc(-n2nccc2C2NCc3ccccc32)cc1. The molecule has 98 valence electrons. The number of benzene rings is 2. The van der Waals surface area contributed by atoms with E-state index in [1.807, 2.05) is 29.1 Å².